The number of nitrogens with zero attached hydrogens (tertiary/aromatic N) is 1. The summed E-state index contributed by atoms with van der Waals surface area (Å²) in [6, 6.07) is 20.6. The number of carbonyl (C=O) groups is 1. The molecule has 0 spiro atoms. The Labute approximate surface area is 184 Å². The van der Waals surface area contributed by atoms with Crippen molar-refractivity contribution < 1.29 is 9.90 Å². The van der Waals surface area contributed by atoms with Crippen molar-refractivity contribution in [2.75, 3.05) is 19.8 Å². The second-order valence-electron chi connectivity index (χ2n) is 9.53. The van der Waals surface area contributed by atoms with Crippen molar-refractivity contribution in [1.82, 2.24) is 15.5 Å². The highest BCUT2D eigenvalue weighted by molar-refractivity contribution is 5.86. The molecule has 5 heteroatoms. The lowest BCUT2D eigenvalue weighted by Gasteiger charge is -2.33. The molecule has 2 saturated carbocycles. The van der Waals surface area contributed by atoms with Gasteiger partial charge in [0.25, 0.3) is 5.91 Å². The van der Waals surface area contributed by atoms with E-state index < -0.39 is 5.60 Å². The average Bonchev–Trinajstić information content (AvgIpc) is 3.20. The van der Waals surface area contributed by atoms with Crippen molar-refractivity contribution in [3.8, 4) is 0 Å². The lowest BCUT2D eigenvalue weighted by molar-refractivity contribution is -0.147. The van der Waals surface area contributed by atoms with Crippen LogP contribution in [0, 0.1) is 17.8 Å². The minimum Gasteiger partial charge on any atom is -0.375 e. The molecule has 1 aliphatic heterocycles. The maximum Gasteiger partial charge on any atom is 0.257 e. The van der Waals surface area contributed by atoms with E-state index in [1.54, 1.807) is 0 Å². The lowest BCUT2D eigenvalue weighted by Crippen LogP contribution is -2.51. The molecule has 2 aromatic rings. The summed E-state index contributed by atoms with van der Waals surface area (Å²) >= 11 is 0. The number of aliphatic hydroxyl groups is 1. The second kappa shape index (κ2) is 8.73. The quantitative estimate of drug-likeness (QED) is 0.576. The third-order valence-corrected chi connectivity index (χ3v) is 7.61. The van der Waals surface area contributed by atoms with Gasteiger partial charge in [0.05, 0.1) is 6.67 Å². The standard InChI is InChI=1S/C26H33N3O2/c30-25(26(31,21-13-7-8-14-21)20-11-5-2-6-12-20)28-18-27-24-22-16-29(17-23(22)24)15-19-9-3-1-4-10-19/h1-6,9-12,21-24,27,31H,7-8,13-18H2,(H,28,30)/t22?,23?,24?,26-/m0/s1. The van der Waals surface area contributed by atoms with Gasteiger partial charge in [0.15, 0.2) is 5.60 Å². The van der Waals surface area contributed by atoms with Gasteiger partial charge in [-0.25, -0.2) is 0 Å². The van der Waals surface area contributed by atoms with Gasteiger partial charge in [0.2, 0.25) is 0 Å². The molecule has 0 bridgehead atoms. The number of fused-ring (bicyclic) bond motifs is 1. The van der Waals surface area contributed by atoms with Gasteiger partial charge in [-0.3, -0.25) is 15.0 Å². The molecule has 3 aliphatic rings. The van der Waals surface area contributed by atoms with Crippen LogP contribution >= 0.6 is 0 Å². The number of likely N-dealkylation sites (tertiary alicyclic amines) is 1. The molecule has 3 fully saturated rings. The Morgan fingerprint density at radius 1 is 0.968 bits per heavy atom. The van der Waals surface area contributed by atoms with Crippen LogP contribution in [0.25, 0.3) is 0 Å². The minimum absolute atomic E-state index is 0.0123. The number of amides is 1. The van der Waals surface area contributed by atoms with E-state index in [4.69, 9.17) is 0 Å². The van der Waals surface area contributed by atoms with E-state index in [0.717, 1.165) is 45.3 Å². The number of carbonyl (C=O) groups excluding carboxylic acids is 1. The highest BCUT2D eigenvalue weighted by Crippen LogP contribution is 2.46. The van der Waals surface area contributed by atoms with Gasteiger partial charge in [-0.05, 0) is 35.8 Å². The van der Waals surface area contributed by atoms with Crippen LogP contribution in [0.2, 0.25) is 0 Å². The molecule has 2 unspecified atom stereocenters. The van der Waals surface area contributed by atoms with E-state index in [1.807, 2.05) is 30.3 Å². The number of benzene rings is 2. The van der Waals surface area contributed by atoms with Crippen LogP contribution in [0.1, 0.15) is 36.8 Å². The Balaban J connectivity index is 1.12. The highest BCUT2D eigenvalue weighted by atomic mass is 16.3. The largest absolute Gasteiger partial charge is 0.375 e. The minimum atomic E-state index is -1.44. The topological polar surface area (TPSA) is 64.6 Å². The zero-order valence-corrected chi connectivity index (χ0v) is 18.0. The number of rotatable bonds is 8. The third-order valence-electron chi connectivity index (χ3n) is 7.61. The van der Waals surface area contributed by atoms with Crippen molar-refractivity contribution in [1.29, 1.82) is 0 Å². The average molecular weight is 420 g/mol. The first-order valence-corrected chi connectivity index (χ1v) is 11.7. The zero-order valence-electron chi connectivity index (χ0n) is 18.0. The molecule has 0 radical (unpaired) electrons. The van der Waals surface area contributed by atoms with Crippen LogP contribution in [0.4, 0.5) is 0 Å². The molecule has 164 valence electrons. The molecule has 31 heavy (non-hydrogen) atoms. The maximum absolute atomic E-state index is 13.1. The van der Waals surface area contributed by atoms with E-state index >= 15 is 0 Å². The predicted octanol–water partition coefficient (Wildman–Crippen LogP) is 2.86. The van der Waals surface area contributed by atoms with Crippen LogP contribution in [0.3, 0.4) is 0 Å². The Morgan fingerprint density at radius 2 is 1.58 bits per heavy atom. The van der Waals surface area contributed by atoms with Gasteiger partial charge < -0.3 is 10.4 Å². The first-order chi connectivity index (χ1) is 15.2. The second-order valence-corrected chi connectivity index (χ2v) is 9.53. The summed E-state index contributed by atoms with van der Waals surface area (Å²) in [5.41, 5.74) is 0.637. The molecule has 2 aromatic carbocycles. The number of nitrogens with one attached hydrogen (secondary N) is 2. The first kappa shape index (κ1) is 20.7. The molecular weight excluding hydrogens is 386 g/mol. The number of hydrogen-bond acceptors (Lipinski definition) is 4. The van der Waals surface area contributed by atoms with Crippen LogP contribution in [-0.4, -0.2) is 41.7 Å². The Hall–Kier alpha value is -2.21. The number of hydrogen-bond donors (Lipinski definition) is 3. The van der Waals surface area contributed by atoms with E-state index in [0.29, 0.717) is 30.1 Å². The van der Waals surface area contributed by atoms with Gasteiger partial charge in [-0.2, -0.15) is 0 Å². The van der Waals surface area contributed by atoms with Gasteiger partial charge in [0, 0.05) is 31.6 Å². The van der Waals surface area contributed by atoms with Gasteiger partial charge >= 0.3 is 0 Å². The fourth-order valence-corrected chi connectivity index (χ4v) is 5.86. The monoisotopic (exact) mass is 419 g/mol. The van der Waals surface area contributed by atoms with E-state index in [-0.39, 0.29) is 11.8 Å². The first-order valence-electron chi connectivity index (χ1n) is 11.7. The summed E-state index contributed by atoms with van der Waals surface area (Å²) in [5, 5.41) is 18.0. The van der Waals surface area contributed by atoms with Crippen LogP contribution in [0.15, 0.2) is 60.7 Å². The molecular formula is C26H33N3O2. The van der Waals surface area contributed by atoms with Crippen molar-refractivity contribution in [3.63, 3.8) is 0 Å². The Morgan fingerprint density at radius 3 is 2.23 bits per heavy atom. The normalized spacial score (nSPS) is 27.6. The number of piperidine rings is 1. The van der Waals surface area contributed by atoms with Gasteiger partial charge in [0.1, 0.15) is 0 Å². The van der Waals surface area contributed by atoms with E-state index in [9.17, 15) is 9.90 Å². The van der Waals surface area contributed by atoms with E-state index in [1.165, 1.54) is 5.56 Å². The molecule has 1 saturated heterocycles. The molecule has 3 N–H and O–H groups in total. The molecule has 2 aliphatic carbocycles. The lowest BCUT2D eigenvalue weighted by atomic mass is 9.79. The van der Waals surface area contributed by atoms with Crippen molar-refractivity contribution in [2.24, 2.45) is 17.8 Å². The maximum atomic E-state index is 13.1. The van der Waals surface area contributed by atoms with E-state index in [2.05, 4.69) is 45.9 Å². The summed E-state index contributed by atoms with van der Waals surface area (Å²) in [4.78, 5) is 15.7. The van der Waals surface area contributed by atoms with Crippen LogP contribution in [-0.2, 0) is 16.9 Å². The predicted molar refractivity (Wildman–Crippen MR) is 121 cm³/mol. The molecule has 3 atom stereocenters. The fourth-order valence-electron chi connectivity index (χ4n) is 5.86. The van der Waals surface area contributed by atoms with Crippen LogP contribution < -0.4 is 10.6 Å². The fraction of sp³-hybridized carbons (Fsp3) is 0.500. The molecule has 0 aromatic heterocycles. The summed E-state index contributed by atoms with van der Waals surface area (Å²) < 4.78 is 0. The van der Waals surface area contributed by atoms with Crippen molar-refractivity contribution in [3.05, 3.63) is 71.8 Å². The van der Waals surface area contributed by atoms with Crippen molar-refractivity contribution >= 4 is 5.91 Å². The Kier molecular flexibility index (Phi) is 5.83. The summed E-state index contributed by atoms with van der Waals surface area (Å²) in [6.07, 6.45) is 3.96. The summed E-state index contributed by atoms with van der Waals surface area (Å²) in [5.74, 6) is 1.06. The molecule has 1 amide bonds. The molecule has 5 nitrogen and oxygen atoms in total. The molecule has 1 heterocycles. The SMILES string of the molecule is O=C(NCNC1C2CN(Cc3ccccc3)CC21)[C@](O)(c1ccccc1)C1CCCC1. The third kappa shape index (κ3) is 4.14. The Bertz CT molecular complexity index is 872. The zero-order chi connectivity index (χ0) is 21.3. The van der Waals surface area contributed by atoms with Crippen LogP contribution in [0.5, 0.6) is 0 Å². The highest BCUT2D eigenvalue weighted by Gasteiger charge is 2.55. The summed E-state index contributed by atoms with van der Waals surface area (Å²) in [6.45, 7) is 3.66. The smallest absolute Gasteiger partial charge is 0.257 e. The van der Waals surface area contributed by atoms with Gasteiger partial charge in [-0.15, -0.1) is 0 Å². The molecule has 5 rings (SSSR count). The van der Waals surface area contributed by atoms with Gasteiger partial charge in [-0.1, -0.05) is 73.5 Å². The van der Waals surface area contributed by atoms with Crippen molar-refractivity contribution in [2.45, 2.75) is 43.9 Å². The summed E-state index contributed by atoms with van der Waals surface area (Å²) in [7, 11) is 0.